The first-order valence-corrected chi connectivity index (χ1v) is 14.4. The van der Waals surface area contributed by atoms with Gasteiger partial charge in [-0.05, 0) is 65.2 Å². The molecule has 1 N–H and O–H groups in total. The quantitative estimate of drug-likeness (QED) is 0.184. The number of allylic oxidation sites excluding steroid dienone is 1. The average Bonchev–Trinajstić information content (AvgIpc) is 3.38. The molecule has 0 aromatic carbocycles. The third-order valence-electron chi connectivity index (χ3n) is 8.89. The number of amides is 2. The summed E-state index contributed by atoms with van der Waals surface area (Å²) in [5, 5.41) is 9.12. The molecule has 0 aromatic heterocycles. The molecule has 3 aliphatic rings. The molecule has 6 atom stereocenters. The van der Waals surface area contributed by atoms with E-state index in [9.17, 15) is 14.4 Å². The molecule has 3 rings (SSSR count). The van der Waals surface area contributed by atoms with Crippen molar-refractivity contribution in [2.24, 2.45) is 17.8 Å². The molecule has 8 heteroatoms. The second-order valence-corrected chi connectivity index (χ2v) is 11.7. The van der Waals surface area contributed by atoms with Gasteiger partial charge in [-0.2, -0.15) is 0 Å². The predicted molar refractivity (Wildman–Crippen MR) is 146 cm³/mol. The SMILES string of the molecule is C=CCCCCOC(=O)[C@@H]1[C@H]2C(=O)N(CCCCCCO)C(C(=O)N(CC=C)C(C)C)C23CC(C)[C@@]1(C)O3. The van der Waals surface area contributed by atoms with E-state index in [0.717, 1.165) is 32.1 Å². The Bertz CT molecular complexity index is 890. The molecule has 3 aliphatic heterocycles. The van der Waals surface area contributed by atoms with Crippen molar-refractivity contribution >= 4 is 17.8 Å². The largest absolute Gasteiger partial charge is 0.465 e. The summed E-state index contributed by atoms with van der Waals surface area (Å²) in [4.78, 5) is 45.3. The van der Waals surface area contributed by atoms with Crippen LogP contribution in [0.5, 0.6) is 0 Å². The fraction of sp³-hybridized carbons (Fsp3) is 0.767. The van der Waals surface area contributed by atoms with Gasteiger partial charge >= 0.3 is 5.97 Å². The number of aliphatic hydroxyl groups is 1. The lowest BCUT2D eigenvalue weighted by atomic mass is 9.62. The van der Waals surface area contributed by atoms with Crippen LogP contribution in [0.4, 0.5) is 0 Å². The van der Waals surface area contributed by atoms with Gasteiger partial charge in [0.25, 0.3) is 0 Å². The molecule has 0 radical (unpaired) electrons. The van der Waals surface area contributed by atoms with E-state index < -0.39 is 35.0 Å². The first kappa shape index (κ1) is 30.4. The fourth-order valence-electron chi connectivity index (χ4n) is 6.87. The van der Waals surface area contributed by atoms with E-state index in [2.05, 4.69) is 13.2 Å². The highest BCUT2D eigenvalue weighted by Gasteiger charge is 2.80. The van der Waals surface area contributed by atoms with Gasteiger partial charge in [-0.25, -0.2) is 0 Å². The van der Waals surface area contributed by atoms with E-state index in [1.54, 1.807) is 15.9 Å². The Kier molecular flexibility index (Phi) is 10.2. The molecule has 3 unspecified atom stereocenters. The minimum Gasteiger partial charge on any atom is -0.465 e. The maximum absolute atomic E-state index is 14.2. The van der Waals surface area contributed by atoms with Crippen molar-refractivity contribution in [2.75, 3.05) is 26.3 Å². The number of carbonyl (C=O) groups is 3. The van der Waals surface area contributed by atoms with Gasteiger partial charge in [-0.1, -0.05) is 31.9 Å². The number of hydrogen-bond donors (Lipinski definition) is 1. The first-order chi connectivity index (χ1) is 18.1. The second kappa shape index (κ2) is 12.8. The number of aliphatic hydroxyl groups excluding tert-OH is 1. The molecule has 2 amide bonds. The summed E-state index contributed by atoms with van der Waals surface area (Å²) in [7, 11) is 0. The number of unbranched alkanes of at least 4 members (excludes halogenated alkanes) is 5. The van der Waals surface area contributed by atoms with Crippen LogP contribution in [0, 0.1) is 17.8 Å². The van der Waals surface area contributed by atoms with Crippen molar-refractivity contribution in [3.8, 4) is 0 Å². The number of carbonyl (C=O) groups excluding carboxylic acids is 3. The Morgan fingerprint density at radius 3 is 2.53 bits per heavy atom. The van der Waals surface area contributed by atoms with Crippen LogP contribution in [0.3, 0.4) is 0 Å². The van der Waals surface area contributed by atoms with Crippen LogP contribution < -0.4 is 0 Å². The predicted octanol–water partition coefficient (Wildman–Crippen LogP) is 3.87. The van der Waals surface area contributed by atoms with E-state index in [4.69, 9.17) is 14.6 Å². The van der Waals surface area contributed by atoms with Gasteiger partial charge < -0.3 is 24.4 Å². The molecule has 3 saturated heterocycles. The molecule has 3 fully saturated rings. The number of likely N-dealkylation sites (tertiary alicyclic amines) is 1. The Balaban J connectivity index is 1.94. The van der Waals surface area contributed by atoms with Gasteiger partial charge in [-0.15, -0.1) is 13.2 Å². The lowest BCUT2D eigenvalue weighted by molar-refractivity contribution is -0.162. The maximum atomic E-state index is 14.2. The summed E-state index contributed by atoms with van der Waals surface area (Å²) in [6.07, 6.45) is 9.68. The zero-order valence-corrected chi connectivity index (χ0v) is 23.8. The highest BCUT2D eigenvalue weighted by molar-refractivity contribution is 5.98. The van der Waals surface area contributed by atoms with Crippen molar-refractivity contribution in [2.45, 2.75) is 102 Å². The Labute approximate surface area is 228 Å². The van der Waals surface area contributed by atoms with E-state index >= 15 is 0 Å². The summed E-state index contributed by atoms with van der Waals surface area (Å²) in [6, 6.07) is -0.879. The van der Waals surface area contributed by atoms with Crippen LogP contribution in [0.25, 0.3) is 0 Å². The molecule has 0 saturated carbocycles. The van der Waals surface area contributed by atoms with Crippen LogP contribution in [0.15, 0.2) is 25.3 Å². The third kappa shape index (κ3) is 5.44. The molecule has 214 valence electrons. The van der Waals surface area contributed by atoms with E-state index in [-0.39, 0.29) is 30.4 Å². The van der Waals surface area contributed by atoms with Crippen LogP contribution in [-0.4, -0.2) is 82.3 Å². The molecule has 2 bridgehead atoms. The van der Waals surface area contributed by atoms with Crippen molar-refractivity contribution in [1.29, 1.82) is 0 Å². The normalized spacial score (nSPS) is 31.5. The van der Waals surface area contributed by atoms with Gasteiger partial charge in [-0.3, -0.25) is 14.4 Å². The monoisotopic (exact) mass is 532 g/mol. The molecule has 0 aliphatic carbocycles. The standard InChI is InChI=1S/C30H48N2O6/c1-7-9-10-15-19-37-28(36)24-23-26(34)32(17-13-11-12-14-18-33)25(27(35)31(16-8-2)21(3)4)30(23)20-22(5)29(24,6)38-30/h7-8,21-25,33H,1-2,9-20H2,3-6H3/t22?,23-,24-,25?,29+,30?/m0/s1. The van der Waals surface area contributed by atoms with Crippen molar-refractivity contribution in [1.82, 2.24) is 9.80 Å². The average molecular weight is 533 g/mol. The number of hydrogen-bond acceptors (Lipinski definition) is 6. The molecule has 0 aromatic rings. The Morgan fingerprint density at radius 2 is 1.89 bits per heavy atom. The summed E-state index contributed by atoms with van der Waals surface area (Å²) in [5.74, 6) is -2.25. The molecule has 3 heterocycles. The lowest BCUT2D eigenvalue weighted by Gasteiger charge is -2.38. The Hall–Kier alpha value is -2.19. The number of nitrogens with zero attached hydrogens (tertiary/aromatic N) is 2. The van der Waals surface area contributed by atoms with Gasteiger partial charge in [0.15, 0.2) is 0 Å². The highest BCUT2D eigenvalue weighted by atomic mass is 16.6. The number of fused-ring (bicyclic) bond motifs is 1. The van der Waals surface area contributed by atoms with Gasteiger partial charge in [0.2, 0.25) is 11.8 Å². The van der Waals surface area contributed by atoms with E-state index in [0.29, 0.717) is 39.0 Å². The smallest absolute Gasteiger partial charge is 0.312 e. The third-order valence-corrected chi connectivity index (χ3v) is 8.89. The number of esters is 1. The summed E-state index contributed by atoms with van der Waals surface area (Å²) in [6.45, 7) is 16.6. The van der Waals surface area contributed by atoms with Gasteiger partial charge in [0, 0.05) is 25.7 Å². The van der Waals surface area contributed by atoms with Crippen LogP contribution in [0.2, 0.25) is 0 Å². The fourth-order valence-corrected chi connectivity index (χ4v) is 6.87. The molecular weight excluding hydrogens is 484 g/mol. The van der Waals surface area contributed by atoms with E-state index in [1.807, 2.05) is 33.8 Å². The second-order valence-electron chi connectivity index (χ2n) is 11.7. The minimum atomic E-state index is -1.06. The Morgan fingerprint density at radius 1 is 1.18 bits per heavy atom. The zero-order chi connectivity index (χ0) is 28.1. The van der Waals surface area contributed by atoms with E-state index in [1.165, 1.54) is 0 Å². The topological polar surface area (TPSA) is 96.4 Å². The first-order valence-electron chi connectivity index (χ1n) is 14.4. The van der Waals surface area contributed by atoms with Gasteiger partial charge in [0.05, 0.1) is 18.1 Å². The minimum absolute atomic E-state index is 0.0171. The molecule has 1 spiro atoms. The van der Waals surface area contributed by atoms with Crippen molar-refractivity contribution < 1.29 is 29.0 Å². The molecular formula is C30H48N2O6. The zero-order valence-electron chi connectivity index (χ0n) is 23.8. The summed E-state index contributed by atoms with van der Waals surface area (Å²) in [5.41, 5.74) is -1.93. The number of rotatable bonds is 16. The van der Waals surface area contributed by atoms with Crippen molar-refractivity contribution in [3.05, 3.63) is 25.3 Å². The molecule has 8 nitrogen and oxygen atoms in total. The highest BCUT2D eigenvalue weighted by Crippen LogP contribution is 2.65. The summed E-state index contributed by atoms with van der Waals surface area (Å²) >= 11 is 0. The lowest BCUT2D eigenvalue weighted by Crippen LogP contribution is -2.57. The molecule has 38 heavy (non-hydrogen) atoms. The van der Waals surface area contributed by atoms with Gasteiger partial charge in [0.1, 0.15) is 17.6 Å². The summed E-state index contributed by atoms with van der Waals surface area (Å²) < 4.78 is 12.5. The number of ether oxygens (including phenoxy) is 2. The van der Waals surface area contributed by atoms with Crippen molar-refractivity contribution in [3.63, 3.8) is 0 Å². The van der Waals surface area contributed by atoms with Crippen LogP contribution in [0.1, 0.15) is 79.1 Å². The van der Waals surface area contributed by atoms with Crippen LogP contribution in [-0.2, 0) is 23.9 Å². The maximum Gasteiger partial charge on any atom is 0.312 e. The van der Waals surface area contributed by atoms with Crippen LogP contribution >= 0.6 is 0 Å².